The van der Waals surface area contributed by atoms with Crippen LogP contribution in [-0.4, -0.2) is 48.3 Å². The van der Waals surface area contributed by atoms with E-state index in [1.54, 1.807) is 0 Å². The van der Waals surface area contributed by atoms with Crippen LogP contribution >= 0.6 is 0 Å². The molecule has 2 saturated carbocycles. The van der Waals surface area contributed by atoms with Gasteiger partial charge in [-0.15, -0.1) is 0 Å². The van der Waals surface area contributed by atoms with Crippen LogP contribution in [0.2, 0.25) is 0 Å². The summed E-state index contributed by atoms with van der Waals surface area (Å²) in [6.45, 7) is 16.9. The first-order valence-corrected chi connectivity index (χ1v) is 11.2. The zero-order chi connectivity index (χ0) is 22.0. The zero-order valence-corrected chi connectivity index (χ0v) is 19.7. The average molecular weight is 411 g/mol. The fourth-order valence-corrected chi connectivity index (χ4v) is 3.75. The molecule has 0 bridgehead atoms. The molecule has 0 aliphatic heterocycles. The highest BCUT2D eigenvalue weighted by atomic mass is 16.5. The smallest absolute Gasteiger partial charge is 0.226 e. The van der Waals surface area contributed by atoms with E-state index < -0.39 is 5.41 Å². The molecule has 0 unspecified atom stereocenters. The molecule has 0 aromatic heterocycles. The topological polar surface area (TPSA) is 76.7 Å². The van der Waals surface area contributed by atoms with Crippen LogP contribution < -0.4 is 10.6 Å². The lowest BCUT2D eigenvalue weighted by Crippen LogP contribution is -2.65. The van der Waals surface area contributed by atoms with Crippen LogP contribution in [0.25, 0.3) is 0 Å². The molecule has 168 valence electrons. The van der Waals surface area contributed by atoms with Gasteiger partial charge in [0.25, 0.3) is 0 Å². The van der Waals surface area contributed by atoms with Gasteiger partial charge < -0.3 is 20.1 Å². The van der Waals surface area contributed by atoms with Crippen LogP contribution in [0, 0.1) is 17.3 Å². The van der Waals surface area contributed by atoms with Gasteiger partial charge >= 0.3 is 0 Å². The highest BCUT2D eigenvalue weighted by Crippen LogP contribution is 2.49. The highest BCUT2D eigenvalue weighted by Gasteiger charge is 2.55. The predicted molar refractivity (Wildman–Crippen MR) is 115 cm³/mol. The molecule has 0 radical (unpaired) electrons. The van der Waals surface area contributed by atoms with Crippen molar-refractivity contribution in [3.63, 3.8) is 0 Å². The molecule has 0 atom stereocenters. The first-order valence-electron chi connectivity index (χ1n) is 11.2. The van der Waals surface area contributed by atoms with Gasteiger partial charge in [-0.05, 0) is 59.3 Å². The summed E-state index contributed by atoms with van der Waals surface area (Å²) in [4.78, 5) is 25.5. The molecule has 2 fully saturated rings. The van der Waals surface area contributed by atoms with Crippen molar-refractivity contribution in [2.75, 3.05) is 13.2 Å². The van der Waals surface area contributed by atoms with Crippen molar-refractivity contribution in [1.82, 2.24) is 10.6 Å². The molecule has 2 rings (SSSR count). The number of hydrogen-bond donors (Lipinski definition) is 2. The maximum atomic E-state index is 13.1. The summed E-state index contributed by atoms with van der Waals surface area (Å²) in [5.41, 5.74) is -1.06. The minimum absolute atomic E-state index is 0.0424. The van der Waals surface area contributed by atoms with Crippen molar-refractivity contribution in [1.29, 1.82) is 0 Å². The Hall–Kier alpha value is -1.14. The molecule has 2 N–H and O–H groups in total. The monoisotopic (exact) mass is 410 g/mol. The van der Waals surface area contributed by atoms with Gasteiger partial charge in [-0.25, -0.2) is 0 Å². The normalized spacial score (nSPS) is 25.8. The summed E-state index contributed by atoms with van der Waals surface area (Å²) in [5, 5.41) is 6.47. The largest absolute Gasteiger partial charge is 0.376 e. The van der Waals surface area contributed by atoms with Gasteiger partial charge in [0.2, 0.25) is 11.8 Å². The lowest BCUT2D eigenvalue weighted by atomic mass is 9.58. The van der Waals surface area contributed by atoms with Crippen LogP contribution in [0.1, 0.15) is 81.1 Å². The lowest BCUT2D eigenvalue weighted by molar-refractivity contribution is -0.143. The Labute approximate surface area is 176 Å². The van der Waals surface area contributed by atoms with Crippen LogP contribution in [0.4, 0.5) is 0 Å². The Bertz CT molecular complexity index is 588. The molecule has 2 aliphatic rings. The maximum Gasteiger partial charge on any atom is 0.226 e. The summed E-state index contributed by atoms with van der Waals surface area (Å²) in [7, 11) is 0. The molecule has 2 aliphatic carbocycles. The number of rotatable bonds is 11. The van der Waals surface area contributed by atoms with Crippen LogP contribution in [0.5, 0.6) is 0 Å². The second-order valence-electron chi connectivity index (χ2n) is 10.7. The minimum atomic E-state index is -0.503. The predicted octanol–water partition coefficient (Wildman–Crippen LogP) is 3.43. The van der Waals surface area contributed by atoms with E-state index >= 15 is 0 Å². The first-order chi connectivity index (χ1) is 13.3. The van der Waals surface area contributed by atoms with Crippen molar-refractivity contribution in [2.45, 2.75) is 104 Å². The fraction of sp³-hybridized carbons (Fsp3) is 0.913. The van der Waals surface area contributed by atoms with Crippen molar-refractivity contribution in [3.8, 4) is 0 Å². The number of carbonyl (C=O) groups is 2. The number of ether oxygens (including phenoxy) is 2. The van der Waals surface area contributed by atoms with Gasteiger partial charge in [0.05, 0.1) is 36.5 Å². The van der Waals surface area contributed by atoms with E-state index in [-0.39, 0.29) is 46.9 Å². The third-order valence-electron chi connectivity index (χ3n) is 6.41. The van der Waals surface area contributed by atoms with Gasteiger partial charge in [-0.1, -0.05) is 27.7 Å². The fourth-order valence-electron chi connectivity index (χ4n) is 3.75. The molecule has 6 nitrogen and oxygen atoms in total. The van der Waals surface area contributed by atoms with E-state index in [0.717, 1.165) is 25.7 Å². The Kier molecular flexibility index (Phi) is 7.43. The Morgan fingerprint density at radius 3 is 1.79 bits per heavy atom. The first kappa shape index (κ1) is 24.1. The second kappa shape index (κ2) is 8.93. The molecule has 29 heavy (non-hydrogen) atoms. The van der Waals surface area contributed by atoms with Crippen LogP contribution in [-0.2, 0) is 19.1 Å². The molecular formula is C23H42N2O4. The Balaban J connectivity index is 1.98. The van der Waals surface area contributed by atoms with Crippen molar-refractivity contribution in [2.24, 2.45) is 17.3 Å². The molecule has 0 aromatic carbocycles. The SMILES string of the molecule is CC(C)OCC1(NC(=O)C(C)C)CC(C(C)(C)C(=O)NC2(COC(C)C)CC2)C1. The molecule has 0 saturated heterocycles. The van der Waals surface area contributed by atoms with Crippen molar-refractivity contribution >= 4 is 11.8 Å². The van der Waals surface area contributed by atoms with Crippen LogP contribution in [0.15, 0.2) is 0 Å². The number of amides is 2. The number of hydrogen-bond acceptors (Lipinski definition) is 4. The Morgan fingerprint density at radius 2 is 1.38 bits per heavy atom. The quantitative estimate of drug-likeness (QED) is 0.547. The van der Waals surface area contributed by atoms with Gasteiger partial charge in [-0.2, -0.15) is 0 Å². The second-order valence-corrected chi connectivity index (χ2v) is 10.7. The summed E-state index contributed by atoms with van der Waals surface area (Å²) in [5.74, 6) is 0.256. The molecular weight excluding hydrogens is 368 g/mol. The maximum absolute atomic E-state index is 13.1. The van der Waals surface area contributed by atoms with Crippen molar-refractivity contribution < 1.29 is 19.1 Å². The summed E-state index contributed by atoms with van der Waals surface area (Å²) in [6, 6.07) is 0. The third kappa shape index (κ3) is 6.17. The van der Waals surface area contributed by atoms with Crippen molar-refractivity contribution in [3.05, 3.63) is 0 Å². The van der Waals surface area contributed by atoms with Crippen LogP contribution in [0.3, 0.4) is 0 Å². The standard InChI is InChI=1S/C23H42N2O4/c1-15(2)19(26)24-23(14-29-17(5)6)11-18(12-23)21(7,8)20(27)25-22(9-10-22)13-28-16(3)4/h15-18H,9-14H2,1-8H3,(H,24,26)(H,25,27). The number of nitrogens with one attached hydrogen (secondary N) is 2. The summed E-state index contributed by atoms with van der Waals surface area (Å²) >= 11 is 0. The molecule has 0 spiro atoms. The molecule has 0 heterocycles. The Morgan fingerprint density at radius 1 is 0.897 bits per heavy atom. The van der Waals surface area contributed by atoms with E-state index in [2.05, 4.69) is 10.6 Å². The van der Waals surface area contributed by atoms with Gasteiger partial charge in [0, 0.05) is 11.3 Å². The highest BCUT2D eigenvalue weighted by molar-refractivity contribution is 5.84. The molecule has 2 amide bonds. The summed E-state index contributed by atoms with van der Waals surface area (Å²) in [6.07, 6.45) is 3.73. The van der Waals surface area contributed by atoms with Gasteiger partial charge in [-0.3, -0.25) is 9.59 Å². The summed E-state index contributed by atoms with van der Waals surface area (Å²) < 4.78 is 11.6. The van der Waals surface area contributed by atoms with Gasteiger partial charge in [0.1, 0.15) is 0 Å². The molecule has 6 heteroatoms. The molecule has 0 aromatic rings. The van der Waals surface area contributed by atoms with E-state index in [9.17, 15) is 9.59 Å². The van der Waals surface area contributed by atoms with E-state index in [4.69, 9.17) is 9.47 Å². The van der Waals surface area contributed by atoms with E-state index in [0.29, 0.717) is 13.2 Å². The minimum Gasteiger partial charge on any atom is -0.376 e. The number of carbonyl (C=O) groups excluding carboxylic acids is 2. The third-order valence-corrected chi connectivity index (χ3v) is 6.41. The zero-order valence-electron chi connectivity index (χ0n) is 19.7. The van der Waals surface area contributed by atoms with Gasteiger partial charge in [0.15, 0.2) is 0 Å². The lowest BCUT2D eigenvalue weighted by Gasteiger charge is -2.53. The van der Waals surface area contributed by atoms with E-state index in [1.807, 2.05) is 55.4 Å². The average Bonchev–Trinajstić information content (AvgIpc) is 3.34. The van der Waals surface area contributed by atoms with E-state index in [1.165, 1.54) is 0 Å².